The number of hydrogen-bond acceptors (Lipinski definition) is 5. The van der Waals surface area contributed by atoms with Crippen LogP contribution < -0.4 is 16.0 Å². The van der Waals surface area contributed by atoms with Gasteiger partial charge in [0.25, 0.3) is 5.91 Å². The van der Waals surface area contributed by atoms with E-state index in [2.05, 4.69) is 20.9 Å². The van der Waals surface area contributed by atoms with Crippen LogP contribution in [0.1, 0.15) is 61.8 Å². The average Bonchev–Trinajstić information content (AvgIpc) is 3.38. The zero-order chi connectivity index (χ0) is 27.6. The molecule has 0 aliphatic heterocycles. The van der Waals surface area contributed by atoms with Gasteiger partial charge in [-0.15, -0.1) is 0 Å². The highest BCUT2D eigenvalue weighted by Gasteiger charge is 2.35. The number of halogens is 1. The number of carbonyl (C=O) groups is 4. The Hall–Kier alpha value is -3.85. The van der Waals surface area contributed by atoms with E-state index in [1.807, 2.05) is 24.3 Å². The molecule has 3 amide bonds. The molecule has 10 heteroatoms. The van der Waals surface area contributed by atoms with Gasteiger partial charge in [-0.3, -0.25) is 14.4 Å². The van der Waals surface area contributed by atoms with Crippen molar-refractivity contribution in [3.05, 3.63) is 70.4 Å². The maximum Gasteiger partial charge on any atom is 0.408 e. The van der Waals surface area contributed by atoms with Gasteiger partial charge in [0.15, 0.2) is 5.78 Å². The Morgan fingerprint density at radius 1 is 1.08 bits per heavy atom. The standard InChI is InChI=1S/C28H31ClN4O5/c1-15(34)21(32-27(37)38-28(2,3)4)14-24(35)33-25-19-8-6-5-7-16(19)12-22(25)31-26(36)23-13-17-11-18(29)9-10-20(17)30-23/h5-11,13,21-22,25,30H,12,14H2,1-4H3,(H,31,36)(H,32,37)(H,33,35)/t21?,22-,25+/m1/s1. The molecule has 3 aromatic rings. The number of Topliss-reactive ketones (excluding diaryl/α,β-unsaturated/α-hetero) is 1. The van der Waals surface area contributed by atoms with Gasteiger partial charge in [-0.05, 0) is 69.5 Å². The maximum absolute atomic E-state index is 13.1. The molecule has 0 bridgehead atoms. The van der Waals surface area contributed by atoms with Crippen molar-refractivity contribution < 1.29 is 23.9 Å². The zero-order valence-electron chi connectivity index (χ0n) is 21.7. The number of ketones is 1. The zero-order valence-corrected chi connectivity index (χ0v) is 22.4. The number of fused-ring (bicyclic) bond motifs is 2. The van der Waals surface area contributed by atoms with Crippen molar-refractivity contribution in [1.29, 1.82) is 0 Å². The largest absolute Gasteiger partial charge is 0.444 e. The number of hydrogen-bond donors (Lipinski definition) is 4. The topological polar surface area (TPSA) is 129 Å². The van der Waals surface area contributed by atoms with Crippen LogP contribution in [0.15, 0.2) is 48.5 Å². The molecule has 38 heavy (non-hydrogen) atoms. The van der Waals surface area contributed by atoms with Crippen LogP contribution in [0.2, 0.25) is 5.02 Å². The summed E-state index contributed by atoms with van der Waals surface area (Å²) >= 11 is 6.07. The van der Waals surface area contributed by atoms with Gasteiger partial charge in [0.2, 0.25) is 5.91 Å². The number of amides is 3. The van der Waals surface area contributed by atoms with Crippen LogP contribution in [-0.2, 0) is 20.7 Å². The molecule has 9 nitrogen and oxygen atoms in total. The van der Waals surface area contributed by atoms with Gasteiger partial charge in [-0.1, -0.05) is 35.9 Å². The third kappa shape index (κ3) is 6.52. The molecule has 4 N–H and O–H groups in total. The summed E-state index contributed by atoms with van der Waals surface area (Å²) in [6, 6.07) is 12.7. The summed E-state index contributed by atoms with van der Waals surface area (Å²) in [7, 11) is 0. The van der Waals surface area contributed by atoms with Crippen molar-refractivity contribution in [2.45, 2.75) is 64.3 Å². The molecule has 1 heterocycles. The number of aromatic nitrogens is 1. The maximum atomic E-state index is 13.1. The van der Waals surface area contributed by atoms with Gasteiger partial charge in [-0.25, -0.2) is 4.79 Å². The van der Waals surface area contributed by atoms with E-state index in [-0.39, 0.29) is 18.1 Å². The Kier molecular flexibility index (Phi) is 7.78. The normalized spacial score (nSPS) is 17.4. The summed E-state index contributed by atoms with van der Waals surface area (Å²) in [6.07, 6.45) is -0.525. The van der Waals surface area contributed by atoms with E-state index in [4.69, 9.17) is 16.3 Å². The Morgan fingerprint density at radius 2 is 1.82 bits per heavy atom. The minimum absolute atomic E-state index is 0.267. The van der Waals surface area contributed by atoms with Crippen LogP contribution >= 0.6 is 11.6 Å². The fourth-order valence-electron chi connectivity index (χ4n) is 4.54. The minimum atomic E-state index is -1.05. The molecule has 200 valence electrons. The lowest BCUT2D eigenvalue weighted by Gasteiger charge is -2.25. The summed E-state index contributed by atoms with van der Waals surface area (Å²) in [5.41, 5.74) is 2.30. The van der Waals surface area contributed by atoms with Gasteiger partial charge in [0.1, 0.15) is 11.3 Å². The molecule has 0 fully saturated rings. The van der Waals surface area contributed by atoms with Gasteiger partial charge >= 0.3 is 6.09 Å². The molecule has 3 atom stereocenters. The Balaban J connectivity index is 1.47. The molecule has 0 saturated heterocycles. The van der Waals surface area contributed by atoms with Crippen molar-refractivity contribution in [3.8, 4) is 0 Å². The number of benzene rings is 2. The van der Waals surface area contributed by atoms with Gasteiger partial charge in [-0.2, -0.15) is 0 Å². The summed E-state index contributed by atoms with van der Waals surface area (Å²) in [5.74, 6) is -1.13. The molecular formula is C28H31ClN4O5. The monoisotopic (exact) mass is 538 g/mol. The van der Waals surface area contributed by atoms with E-state index < -0.39 is 35.7 Å². The number of carbonyl (C=O) groups excluding carboxylic acids is 4. The Bertz CT molecular complexity index is 1390. The molecular weight excluding hydrogens is 508 g/mol. The van der Waals surface area contributed by atoms with E-state index in [9.17, 15) is 19.2 Å². The third-order valence-corrected chi connectivity index (χ3v) is 6.50. The summed E-state index contributed by atoms with van der Waals surface area (Å²) < 4.78 is 5.22. The van der Waals surface area contributed by atoms with Crippen LogP contribution in [0, 0.1) is 0 Å². The molecule has 1 unspecified atom stereocenters. The van der Waals surface area contributed by atoms with Gasteiger partial charge < -0.3 is 25.7 Å². The first-order valence-electron chi connectivity index (χ1n) is 12.4. The fraction of sp³-hybridized carbons (Fsp3) is 0.357. The first-order valence-corrected chi connectivity index (χ1v) is 12.7. The SMILES string of the molecule is CC(=O)C(CC(=O)N[C@H]1c2ccccc2C[C@H]1NC(=O)c1cc2cc(Cl)ccc2[nH]1)NC(=O)OC(C)(C)C. The molecule has 1 aliphatic rings. The number of aromatic amines is 1. The van der Waals surface area contributed by atoms with E-state index in [1.165, 1.54) is 6.92 Å². The van der Waals surface area contributed by atoms with Crippen LogP contribution in [0.25, 0.3) is 10.9 Å². The Morgan fingerprint density at radius 3 is 2.53 bits per heavy atom. The van der Waals surface area contributed by atoms with Crippen molar-refractivity contribution in [2.24, 2.45) is 0 Å². The molecule has 1 aliphatic carbocycles. The molecule has 4 rings (SSSR count). The van der Waals surface area contributed by atoms with E-state index >= 15 is 0 Å². The predicted octanol–water partition coefficient (Wildman–Crippen LogP) is 4.21. The fourth-order valence-corrected chi connectivity index (χ4v) is 4.72. The number of nitrogens with one attached hydrogen (secondary N) is 4. The lowest BCUT2D eigenvalue weighted by molar-refractivity contribution is -0.126. The molecule has 0 saturated carbocycles. The summed E-state index contributed by atoms with van der Waals surface area (Å²) in [4.78, 5) is 53.6. The lowest BCUT2D eigenvalue weighted by atomic mass is 10.0. The highest BCUT2D eigenvalue weighted by Crippen LogP contribution is 2.32. The molecule has 1 aromatic heterocycles. The minimum Gasteiger partial charge on any atom is -0.444 e. The van der Waals surface area contributed by atoms with Crippen molar-refractivity contribution in [3.63, 3.8) is 0 Å². The molecule has 0 spiro atoms. The van der Waals surface area contributed by atoms with Crippen LogP contribution in [0.3, 0.4) is 0 Å². The molecule has 0 radical (unpaired) electrons. The van der Waals surface area contributed by atoms with Gasteiger partial charge in [0, 0.05) is 15.9 Å². The van der Waals surface area contributed by atoms with E-state index in [0.717, 1.165) is 22.0 Å². The lowest BCUT2D eigenvalue weighted by Crippen LogP contribution is -2.48. The average molecular weight is 539 g/mol. The number of rotatable bonds is 7. The number of alkyl carbamates (subject to hydrolysis) is 1. The first-order chi connectivity index (χ1) is 17.9. The summed E-state index contributed by atoms with van der Waals surface area (Å²) in [5, 5.41) is 9.85. The third-order valence-electron chi connectivity index (χ3n) is 6.26. The number of H-pyrrole nitrogens is 1. The smallest absolute Gasteiger partial charge is 0.408 e. The van der Waals surface area contributed by atoms with Crippen molar-refractivity contribution in [2.75, 3.05) is 0 Å². The van der Waals surface area contributed by atoms with Crippen molar-refractivity contribution >= 4 is 46.2 Å². The first kappa shape index (κ1) is 27.2. The highest BCUT2D eigenvalue weighted by molar-refractivity contribution is 6.31. The highest BCUT2D eigenvalue weighted by atomic mass is 35.5. The second-order valence-electron chi connectivity index (χ2n) is 10.5. The van der Waals surface area contributed by atoms with Crippen molar-refractivity contribution in [1.82, 2.24) is 20.9 Å². The predicted molar refractivity (Wildman–Crippen MR) is 144 cm³/mol. The van der Waals surface area contributed by atoms with Crippen LogP contribution in [-0.4, -0.2) is 46.4 Å². The quantitative estimate of drug-likeness (QED) is 0.358. The van der Waals surface area contributed by atoms with Crippen LogP contribution in [0.5, 0.6) is 0 Å². The summed E-state index contributed by atoms with van der Waals surface area (Å²) in [6.45, 7) is 6.42. The Labute approximate surface area is 225 Å². The van der Waals surface area contributed by atoms with E-state index in [0.29, 0.717) is 17.1 Å². The molecule has 2 aromatic carbocycles. The van der Waals surface area contributed by atoms with Gasteiger partial charge in [0.05, 0.1) is 24.5 Å². The van der Waals surface area contributed by atoms with E-state index in [1.54, 1.807) is 45.0 Å². The second kappa shape index (κ2) is 10.9. The van der Waals surface area contributed by atoms with Crippen LogP contribution in [0.4, 0.5) is 4.79 Å². The number of ether oxygens (including phenoxy) is 1. The second-order valence-corrected chi connectivity index (χ2v) is 10.9.